The second kappa shape index (κ2) is 8.45. The first-order valence-electron chi connectivity index (χ1n) is 9.69. The van der Waals surface area contributed by atoms with Crippen LogP contribution in [0.2, 0.25) is 0 Å². The number of amides is 1. The highest BCUT2D eigenvalue weighted by molar-refractivity contribution is 7.99. The van der Waals surface area contributed by atoms with Crippen molar-refractivity contribution in [3.05, 3.63) is 24.3 Å². The Bertz CT molecular complexity index is 584. The number of nitrogens with zero attached hydrogens (tertiary/aromatic N) is 2. The van der Waals surface area contributed by atoms with Crippen LogP contribution in [0.5, 0.6) is 0 Å². The van der Waals surface area contributed by atoms with Crippen LogP contribution in [0.3, 0.4) is 0 Å². The van der Waals surface area contributed by atoms with Crippen LogP contribution in [-0.4, -0.2) is 54.0 Å². The lowest BCUT2D eigenvalue weighted by Crippen LogP contribution is -2.62. The Morgan fingerprint density at radius 1 is 1.16 bits per heavy atom. The summed E-state index contributed by atoms with van der Waals surface area (Å²) in [7, 11) is 0. The van der Waals surface area contributed by atoms with Crippen molar-refractivity contribution in [1.82, 2.24) is 4.90 Å². The average molecular weight is 362 g/mol. The van der Waals surface area contributed by atoms with Gasteiger partial charge in [0, 0.05) is 25.4 Å². The van der Waals surface area contributed by atoms with Crippen LogP contribution >= 0.6 is 11.8 Å². The van der Waals surface area contributed by atoms with Crippen LogP contribution in [0.4, 0.5) is 11.4 Å². The van der Waals surface area contributed by atoms with Crippen LogP contribution in [0, 0.1) is 0 Å². The monoisotopic (exact) mass is 361 g/mol. The van der Waals surface area contributed by atoms with E-state index < -0.39 is 5.54 Å². The van der Waals surface area contributed by atoms with E-state index in [4.69, 9.17) is 0 Å². The zero-order valence-electron chi connectivity index (χ0n) is 15.6. The zero-order chi connectivity index (χ0) is 17.7. The minimum atomic E-state index is -0.409. The number of rotatable bonds is 7. The Labute approximate surface area is 156 Å². The third kappa shape index (κ3) is 3.98. The van der Waals surface area contributed by atoms with Crippen molar-refractivity contribution in [2.24, 2.45) is 0 Å². The number of thioether (sulfide) groups is 1. The molecule has 3 rings (SSSR count). The number of hydrogen-bond donors (Lipinski definition) is 1. The van der Waals surface area contributed by atoms with Gasteiger partial charge in [0.25, 0.3) is 5.91 Å². The summed E-state index contributed by atoms with van der Waals surface area (Å²) in [6.45, 7) is 8.40. The van der Waals surface area contributed by atoms with Crippen molar-refractivity contribution in [2.45, 2.75) is 45.1 Å². The molecule has 138 valence electrons. The van der Waals surface area contributed by atoms with Crippen molar-refractivity contribution >= 4 is 29.0 Å². The zero-order valence-corrected chi connectivity index (χ0v) is 16.4. The fraction of sp³-hybridized carbons (Fsp3) is 0.650. The lowest BCUT2D eigenvalue weighted by Gasteiger charge is -2.48. The Morgan fingerprint density at radius 2 is 1.92 bits per heavy atom. The van der Waals surface area contributed by atoms with Gasteiger partial charge in [0.2, 0.25) is 0 Å². The molecular weight excluding hydrogens is 330 g/mol. The van der Waals surface area contributed by atoms with E-state index in [9.17, 15) is 4.79 Å². The molecule has 0 aromatic heterocycles. The van der Waals surface area contributed by atoms with Gasteiger partial charge in [-0.2, -0.15) is 11.8 Å². The minimum absolute atomic E-state index is 0.276. The summed E-state index contributed by atoms with van der Waals surface area (Å²) >= 11 is 1.90. The summed E-state index contributed by atoms with van der Waals surface area (Å²) in [5, 5.41) is 3.63. The van der Waals surface area contributed by atoms with Crippen molar-refractivity contribution < 1.29 is 4.79 Å². The number of fused-ring (bicyclic) bond motifs is 1. The van der Waals surface area contributed by atoms with E-state index in [1.807, 2.05) is 22.7 Å². The van der Waals surface area contributed by atoms with E-state index in [0.29, 0.717) is 0 Å². The van der Waals surface area contributed by atoms with Crippen LogP contribution in [0.25, 0.3) is 0 Å². The normalized spacial score (nSPS) is 19.8. The fourth-order valence-electron chi connectivity index (χ4n) is 3.89. The number of anilines is 2. The average Bonchev–Trinajstić information content (AvgIpc) is 2.64. The Morgan fingerprint density at radius 3 is 2.64 bits per heavy atom. The predicted molar refractivity (Wildman–Crippen MR) is 109 cm³/mol. The maximum absolute atomic E-state index is 13.4. The van der Waals surface area contributed by atoms with Gasteiger partial charge >= 0.3 is 0 Å². The second-order valence-electron chi connectivity index (χ2n) is 7.07. The van der Waals surface area contributed by atoms with Gasteiger partial charge in [-0.1, -0.05) is 32.4 Å². The minimum Gasteiger partial charge on any atom is -0.369 e. The summed E-state index contributed by atoms with van der Waals surface area (Å²) in [5.74, 6) is 2.37. The molecule has 2 aliphatic heterocycles. The number of carbonyl (C=O) groups excluding carboxylic acids is 1. The first-order valence-corrected chi connectivity index (χ1v) is 10.8. The molecule has 0 atom stereocenters. The van der Waals surface area contributed by atoms with Crippen LogP contribution in [-0.2, 0) is 4.79 Å². The maximum Gasteiger partial charge on any atom is 0.252 e. The lowest BCUT2D eigenvalue weighted by molar-refractivity contribution is -0.124. The smallest absolute Gasteiger partial charge is 0.252 e. The molecule has 0 bridgehead atoms. The van der Waals surface area contributed by atoms with Gasteiger partial charge in [0.1, 0.15) is 5.54 Å². The first-order chi connectivity index (χ1) is 12.2. The molecule has 4 nitrogen and oxygen atoms in total. The van der Waals surface area contributed by atoms with Gasteiger partial charge < -0.3 is 15.1 Å². The van der Waals surface area contributed by atoms with E-state index in [1.165, 1.54) is 12.8 Å². The quantitative estimate of drug-likeness (QED) is 0.749. The number of benzene rings is 1. The maximum atomic E-state index is 13.4. The highest BCUT2D eigenvalue weighted by Gasteiger charge is 2.47. The van der Waals surface area contributed by atoms with E-state index in [2.05, 4.69) is 42.3 Å². The van der Waals surface area contributed by atoms with Gasteiger partial charge in [-0.3, -0.25) is 4.79 Å². The number of nitrogens with one attached hydrogen (secondary N) is 1. The SMILES string of the molecule is CCCCN1CCC2(CC1)Nc1ccccc1N(CCSCC)C2=O. The molecular formula is C20H31N3OS. The van der Waals surface area contributed by atoms with Crippen LogP contribution in [0.1, 0.15) is 39.5 Å². The van der Waals surface area contributed by atoms with Crippen molar-refractivity contribution in [3.8, 4) is 0 Å². The van der Waals surface area contributed by atoms with Crippen molar-refractivity contribution in [2.75, 3.05) is 47.9 Å². The molecule has 1 saturated heterocycles. The fourth-order valence-corrected chi connectivity index (χ4v) is 4.50. The molecule has 1 aromatic rings. The highest BCUT2D eigenvalue weighted by Crippen LogP contribution is 2.39. The van der Waals surface area contributed by atoms with Crippen LogP contribution in [0.15, 0.2) is 24.3 Å². The van der Waals surface area contributed by atoms with E-state index in [0.717, 1.165) is 61.9 Å². The predicted octanol–water partition coefficient (Wildman–Crippen LogP) is 3.83. The highest BCUT2D eigenvalue weighted by atomic mass is 32.2. The number of piperidine rings is 1. The molecule has 0 unspecified atom stereocenters. The van der Waals surface area contributed by atoms with Crippen molar-refractivity contribution in [1.29, 1.82) is 0 Å². The number of carbonyl (C=O) groups is 1. The van der Waals surface area contributed by atoms with Gasteiger partial charge in [-0.15, -0.1) is 0 Å². The molecule has 1 spiro atoms. The molecule has 1 aromatic carbocycles. The Hall–Kier alpha value is -1.20. The second-order valence-corrected chi connectivity index (χ2v) is 8.47. The largest absolute Gasteiger partial charge is 0.369 e. The lowest BCUT2D eigenvalue weighted by atomic mass is 9.83. The molecule has 0 radical (unpaired) electrons. The number of likely N-dealkylation sites (tertiary alicyclic amines) is 1. The third-order valence-electron chi connectivity index (χ3n) is 5.42. The van der Waals surface area contributed by atoms with Gasteiger partial charge in [-0.25, -0.2) is 0 Å². The molecule has 5 heteroatoms. The summed E-state index contributed by atoms with van der Waals surface area (Å²) in [4.78, 5) is 18.0. The molecule has 2 aliphatic rings. The van der Waals surface area contributed by atoms with E-state index in [1.54, 1.807) is 0 Å². The van der Waals surface area contributed by atoms with Crippen LogP contribution < -0.4 is 10.2 Å². The Balaban J connectivity index is 1.77. The molecule has 2 heterocycles. The van der Waals surface area contributed by atoms with Gasteiger partial charge in [-0.05, 0) is 43.7 Å². The molecule has 1 N–H and O–H groups in total. The van der Waals surface area contributed by atoms with E-state index >= 15 is 0 Å². The number of hydrogen-bond acceptors (Lipinski definition) is 4. The molecule has 1 amide bonds. The topological polar surface area (TPSA) is 35.6 Å². The molecule has 0 aliphatic carbocycles. The van der Waals surface area contributed by atoms with E-state index in [-0.39, 0.29) is 5.91 Å². The third-order valence-corrected chi connectivity index (χ3v) is 6.30. The standard InChI is InChI=1S/C20H31N3OS/c1-3-5-12-22-13-10-20(11-14-22)19(24)23(15-16-25-4-2)18-9-7-6-8-17(18)21-20/h6-9,21H,3-5,10-16H2,1-2H3. The molecule has 0 saturated carbocycles. The summed E-state index contributed by atoms with van der Waals surface area (Å²) < 4.78 is 0. The Kier molecular flexibility index (Phi) is 6.29. The number of unbranched alkanes of at least 4 members (excludes halogenated alkanes) is 1. The van der Waals surface area contributed by atoms with Gasteiger partial charge in [0.15, 0.2) is 0 Å². The summed E-state index contributed by atoms with van der Waals surface area (Å²) in [5.41, 5.74) is 1.75. The summed E-state index contributed by atoms with van der Waals surface area (Å²) in [6, 6.07) is 8.27. The van der Waals surface area contributed by atoms with Gasteiger partial charge in [0.05, 0.1) is 11.4 Å². The summed E-state index contributed by atoms with van der Waals surface area (Å²) in [6.07, 6.45) is 4.29. The molecule has 25 heavy (non-hydrogen) atoms. The number of para-hydroxylation sites is 2. The molecule has 1 fully saturated rings. The van der Waals surface area contributed by atoms with Crippen molar-refractivity contribution in [3.63, 3.8) is 0 Å². The first kappa shape index (κ1) is 18.6.